The van der Waals surface area contributed by atoms with Crippen molar-refractivity contribution >= 4 is 23.3 Å². The summed E-state index contributed by atoms with van der Waals surface area (Å²) >= 11 is 0. The lowest BCUT2D eigenvalue weighted by molar-refractivity contribution is -0.108. The average Bonchev–Trinajstić information content (AvgIpc) is 2.33. The van der Waals surface area contributed by atoms with E-state index >= 15 is 0 Å². The van der Waals surface area contributed by atoms with Gasteiger partial charge in [-0.3, -0.25) is 4.79 Å². The molecule has 80 valence electrons. The largest absolute Gasteiger partial charge is 0.507 e. The molecule has 0 saturated heterocycles. The number of fused-ring (bicyclic) bond motifs is 1. The first kappa shape index (κ1) is 10.2. The van der Waals surface area contributed by atoms with Crippen molar-refractivity contribution in [3.8, 4) is 5.75 Å². The second-order valence-electron chi connectivity index (χ2n) is 3.34. The highest BCUT2D eigenvalue weighted by Gasteiger charge is 2.02. The standard InChI is InChI=1S/C13H11NO2/c15-9-14-8-7-11-6-5-10-3-1-2-4-12(10)13(11)16/h1-9,16H,(H,14,15). The third-order valence-corrected chi connectivity index (χ3v) is 2.36. The van der Waals surface area contributed by atoms with E-state index in [1.54, 1.807) is 12.1 Å². The molecule has 1 amide bonds. The van der Waals surface area contributed by atoms with Gasteiger partial charge in [0.25, 0.3) is 0 Å². The van der Waals surface area contributed by atoms with Gasteiger partial charge in [0.1, 0.15) is 5.75 Å². The molecule has 2 aromatic carbocycles. The predicted octanol–water partition coefficient (Wildman–Crippen LogP) is 2.26. The van der Waals surface area contributed by atoms with Gasteiger partial charge in [0.2, 0.25) is 6.41 Å². The zero-order chi connectivity index (χ0) is 11.4. The van der Waals surface area contributed by atoms with Crippen molar-refractivity contribution in [3.63, 3.8) is 0 Å². The lowest BCUT2D eigenvalue weighted by Gasteiger charge is -2.03. The van der Waals surface area contributed by atoms with Crippen molar-refractivity contribution in [2.75, 3.05) is 0 Å². The van der Waals surface area contributed by atoms with Crippen LogP contribution in [0, 0.1) is 0 Å². The Labute approximate surface area is 93.0 Å². The second-order valence-corrected chi connectivity index (χ2v) is 3.34. The smallest absolute Gasteiger partial charge is 0.211 e. The van der Waals surface area contributed by atoms with E-state index in [0.717, 1.165) is 10.8 Å². The molecule has 0 aliphatic rings. The van der Waals surface area contributed by atoms with E-state index in [1.165, 1.54) is 6.20 Å². The van der Waals surface area contributed by atoms with Gasteiger partial charge in [-0.05, 0) is 11.5 Å². The van der Waals surface area contributed by atoms with E-state index < -0.39 is 0 Å². The zero-order valence-corrected chi connectivity index (χ0v) is 8.55. The first-order valence-corrected chi connectivity index (χ1v) is 4.90. The number of amides is 1. The maximum Gasteiger partial charge on any atom is 0.211 e. The topological polar surface area (TPSA) is 49.3 Å². The van der Waals surface area contributed by atoms with Crippen LogP contribution in [-0.4, -0.2) is 11.5 Å². The van der Waals surface area contributed by atoms with Gasteiger partial charge in [0.05, 0.1) is 0 Å². The predicted molar refractivity (Wildman–Crippen MR) is 63.8 cm³/mol. The van der Waals surface area contributed by atoms with E-state index in [2.05, 4.69) is 5.32 Å². The summed E-state index contributed by atoms with van der Waals surface area (Å²) in [6.45, 7) is 0. The van der Waals surface area contributed by atoms with Gasteiger partial charge in [0.15, 0.2) is 0 Å². The molecule has 0 aromatic heterocycles. The fraction of sp³-hybridized carbons (Fsp3) is 0. The number of benzene rings is 2. The third kappa shape index (κ3) is 1.88. The third-order valence-electron chi connectivity index (χ3n) is 2.36. The lowest BCUT2D eigenvalue weighted by Crippen LogP contribution is -1.97. The maximum atomic E-state index is 10.1. The number of phenols is 1. The average molecular weight is 213 g/mol. The quantitative estimate of drug-likeness (QED) is 0.768. The molecule has 3 heteroatoms. The minimum Gasteiger partial charge on any atom is -0.507 e. The Bertz CT molecular complexity index is 547. The maximum absolute atomic E-state index is 10.1. The highest BCUT2D eigenvalue weighted by molar-refractivity contribution is 5.91. The van der Waals surface area contributed by atoms with Crippen LogP contribution in [-0.2, 0) is 4.79 Å². The Morgan fingerprint density at radius 3 is 2.75 bits per heavy atom. The van der Waals surface area contributed by atoms with Crippen LogP contribution in [0.4, 0.5) is 0 Å². The summed E-state index contributed by atoms with van der Waals surface area (Å²) in [7, 11) is 0. The molecule has 3 nitrogen and oxygen atoms in total. The molecule has 0 heterocycles. The molecule has 0 aliphatic heterocycles. The van der Waals surface area contributed by atoms with E-state index in [0.29, 0.717) is 12.0 Å². The van der Waals surface area contributed by atoms with Gasteiger partial charge in [-0.2, -0.15) is 0 Å². The summed E-state index contributed by atoms with van der Waals surface area (Å²) in [5, 5.41) is 14.2. The molecule has 0 spiro atoms. The monoisotopic (exact) mass is 213 g/mol. The van der Waals surface area contributed by atoms with Crippen LogP contribution in [0.2, 0.25) is 0 Å². The van der Waals surface area contributed by atoms with Gasteiger partial charge >= 0.3 is 0 Å². The summed E-state index contributed by atoms with van der Waals surface area (Å²) in [6, 6.07) is 11.3. The Balaban J connectivity index is 2.48. The Hall–Kier alpha value is -2.29. The van der Waals surface area contributed by atoms with Crippen molar-refractivity contribution in [2.45, 2.75) is 0 Å². The summed E-state index contributed by atoms with van der Waals surface area (Å²) in [4.78, 5) is 10.1. The first-order chi connectivity index (χ1) is 7.83. The highest BCUT2D eigenvalue weighted by atomic mass is 16.3. The Morgan fingerprint density at radius 1 is 1.12 bits per heavy atom. The van der Waals surface area contributed by atoms with E-state index in [1.807, 2.05) is 30.3 Å². The van der Waals surface area contributed by atoms with Crippen molar-refractivity contribution in [1.82, 2.24) is 5.32 Å². The van der Waals surface area contributed by atoms with Crippen molar-refractivity contribution in [3.05, 3.63) is 48.2 Å². The normalized spacial score (nSPS) is 10.8. The van der Waals surface area contributed by atoms with Crippen molar-refractivity contribution in [1.29, 1.82) is 0 Å². The van der Waals surface area contributed by atoms with Gasteiger partial charge in [0, 0.05) is 17.1 Å². The van der Waals surface area contributed by atoms with Crippen molar-refractivity contribution < 1.29 is 9.90 Å². The molecule has 2 N–H and O–H groups in total. The molecule has 0 unspecified atom stereocenters. The van der Waals surface area contributed by atoms with Gasteiger partial charge in [-0.15, -0.1) is 0 Å². The molecule has 0 fully saturated rings. The molecule has 16 heavy (non-hydrogen) atoms. The van der Waals surface area contributed by atoms with Gasteiger partial charge in [-0.25, -0.2) is 0 Å². The molecule has 0 atom stereocenters. The van der Waals surface area contributed by atoms with Gasteiger partial charge < -0.3 is 10.4 Å². The van der Waals surface area contributed by atoms with E-state index in [9.17, 15) is 9.90 Å². The fourth-order valence-electron chi connectivity index (χ4n) is 1.58. The minimum absolute atomic E-state index is 0.224. The number of carbonyl (C=O) groups excluding carboxylic acids is 1. The number of hydrogen-bond acceptors (Lipinski definition) is 2. The molecular formula is C13H11NO2. The summed E-state index contributed by atoms with van der Waals surface area (Å²) in [5.74, 6) is 0.224. The second kappa shape index (κ2) is 4.49. The number of rotatable bonds is 3. The number of hydrogen-bond donors (Lipinski definition) is 2. The van der Waals surface area contributed by atoms with E-state index in [4.69, 9.17) is 0 Å². The molecule has 2 aromatic rings. The number of nitrogens with one attached hydrogen (secondary N) is 1. The van der Waals surface area contributed by atoms with Gasteiger partial charge in [-0.1, -0.05) is 36.4 Å². The Kier molecular flexibility index (Phi) is 2.87. The molecule has 0 aliphatic carbocycles. The number of aromatic hydroxyl groups is 1. The Morgan fingerprint density at radius 2 is 1.94 bits per heavy atom. The van der Waals surface area contributed by atoms with Crippen LogP contribution < -0.4 is 5.32 Å². The molecule has 0 bridgehead atoms. The summed E-state index contributed by atoms with van der Waals surface area (Å²) < 4.78 is 0. The minimum atomic E-state index is 0.224. The number of phenolic OH excluding ortho intramolecular Hbond substituents is 1. The molecular weight excluding hydrogens is 202 g/mol. The molecule has 2 rings (SSSR count). The molecule has 0 radical (unpaired) electrons. The first-order valence-electron chi connectivity index (χ1n) is 4.90. The van der Waals surface area contributed by atoms with Crippen LogP contribution in [0.15, 0.2) is 42.6 Å². The van der Waals surface area contributed by atoms with Crippen LogP contribution in [0.25, 0.3) is 16.8 Å². The van der Waals surface area contributed by atoms with Crippen LogP contribution in [0.3, 0.4) is 0 Å². The lowest BCUT2D eigenvalue weighted by atomic mass is 10.1. The zero-order valence-electron chi connectivity index (χ0n) is 8.55. The van der Waals surface area contributed by atoms with Crippen LogP contribution >= 0.6 is 0 Å². The summed E-state index contributed by atoms with van der Waals surface area (Å²) in [6.07, 6.45) is 3.71. The fourth-order valence-corrected chi connectivity index (χ4v) is 1.58. The molecule has 0 saturated carbocycles. The SMILES string of the molecule is O=CNC=Cc1ccc2ccccc2c1O. The van der Waals surface area contributed by atoms with Crippen LogP contribution in [0.1, 0.15) is 5.56 Å². The van der Waals surface area contributed by atoms with E-state index in [-0.39, 0.29) is 5.75 Å². The number of carbonyl (C=O) groups is 1. The summed E-state index contributed by atoms with van der Waals surface area (Å²) in [5.41, 5.74) is 0.674. The highest BCUT2D eigenvalue weighted by Crippen LogP contribution is 2.29. The van der Waals surface area contributed by atoms with Crippen molar-refractivity contribution in [2.24, 2.45) is 0 Å². The van der Waals surface area contributed by atoms with Crippen LogP contribution in [0.5, 0.6) is 5.75 Å².